The van der Waals surface area contributed by atoms with Crippen LogP contribution in [0.3, 0.4) is 0 Å². The van der Waals surface area contributed by atoms with E-state index >= 15 is 0 Å². The Morgan fingerprint density at radius 1 is 1.53 bits per heavy atom. The molecular formula is C13H21BO. The number of allylic oxidation sites excluding steroid dienone is 4. The zero-order valence-electron chi connectivity index (χ0n) is 10.1. The van der Waals surface area contributed by atoms with Crippen molar-refractivity contribution in [1.82, 2.24) is 0 Å². The average molecular weight is 204 g/mol. The summed E-state index contributed by atoms with van der Waals surface area (Å²) in [5, 5.41) is 0. The van der Waals surface area contributed by atoms with E-state index in [4.69, 9.17) is 4.65 Å². The van der Waals surface area contributed by atoms with Crippen LogP contribution in [0.25, 0.3) is 0 Å². The van der Waals surface area contributed by atoms with Crippen LogP contribution in [0.2, 0.25) is 6.32 Å². The SMILES string of the molecule is C=CC=CC(=C)B1CCC(C)C(C)(C)O1. The Labute approximate surface area is 94.0 Å². The highest BCUT2D eigenvalue weighted by molar-refractivity contribution is 6.61. The van der Waals surface area contributed by atoms with E-state index < -0.39 is 0 Å². The maximum absolute atomic E-state index is 6.06. The second kappa shape index (κ2) is 4.85. The average Bonchev–Trinajstić information content (AvgIpc) is 2.18. The van der Waals surface area contributed by atoms with Crippen LogP contribution in [0.1, 0.15) is 27.2 Å². The van der Waals surface area contributed by atoms with E-state index in [9.17, 15) is 0 Å². The second-order valence-corrected chi connectivity index (χ2v) is 4.86. The van der Waals surface area contributed by atoms with Crippen LogP contribution in [-0.2, 0) is 4.65 Å². The minimum Gasteiger partial charge on any atom is -0.426 e. The fourth-order valence-electron chi connectivity index (χ4n) is 1.85. The van der Waals surface area contributed by atoms with E-state index in [0.29, 0.717) is 5.92 Å². The largest absolute Gasteiger partial charge is 0.426 e. The van der Waals surface area contributed by atoms with Crippen molar-refractivity contribution in [1.29, 1.82) is 0 Å². The van der Waals surface area contributed by atoms with Crippen molar-refractivity contribution in [2.75, 3.05) is 0 Å². The van der Waals surface area contributed by atoms with Crippen LogP contribution in [-0.4, -0.2) is 12.5 Å². The summed E-state index contributed by atoms with van der Waals surface area (Å²) in [4.78, 5) is 0. The molecule has 1 nitrogen and oxygen atoms in total. The molecule has 15 heavy (non-hydrogen) atoms. The normalized spacial score (nSPS) is 25.5. The van der Waals surface area contributed by atoms with Gasteiger partial charge in [-0.05, 0) is 26.1 Å². The Kier molecular flexibility index (Phi) is 3.98. The molecule has 1 heterocycles. The van der Waals surface area contributed by atoms with Gasteiger partial charge in [-0.15, -0.1) is 6.58 Å². The third kappa shape index (κ3) is 3.10. The van der Waals surface area contributed by atoms with Gasteiger partial charge in [0.2, 0.25) is 0 Å². The molecule has 1 rings (SSSR count). The first-order valence-corrected chi connectivity index (χ1v) is 5.63. The molecule has 0 spiro atoms. The molecule has 0 aromatic carbocycles. The molecule has 0 aromatic heterocycles. The van der Waals surface area contributed by atoms with Crippen LogP contribution >= 0.6 is 0 Å². The molecule has 1 aliphatic heterocycles. The standard InChI is InChI=1S/C13H21BO/c1-6-7-8-12(3)14-10-9-11(2)13(4,5)15-14/h6-8,11H,1,3,9-10H2,2,4-5H3. The van der Waals surface area contributed by atoms with Gasteiger partial charge in [0.05, 0.1) is 0 Å². The van der Waals surface area contributed by atoms with E-state index in [-0.39, 0.29) is 12.5 Å². The maximum atomic E-state index is 6.06. The van der Waals surface area contributed by atoms with Gasteiger partial charge in [-0.2, -0.15) is 0 Å². The summed E-state index contributed by atoms with van der Waals surface area (Å²) in [5.41, 5.74) is 1.02. The molecule has 0 radical (unpaired) electrons. The van der Waals surface area contributed by atoms with E-state index in [2.05, 4.69) is 33.9 Å². The van der Waals surface area contributed by atoms with Crippen molar-refractivity contribution < 1.29 is 4.65 Å². The topological polar surface area (TPSA) is 9.23 Å². The van der Waals surface area contributed by atoms with E-state index in [1.807, 2.05) is 12.2 Å². The van der Waals surface area contributed by atoms with Crippen LogP contribution in [0.5, 0.6) is 0 Å². The zero-order chi connectivity index (χ0) is 11.5. The van der Waals surface area contributed by atoms with Gasteiger partial charge in [-0.1, -0.05) is 43.6 Å². The number of rotatable bonds is 3. The Bertz CT molecular complexity index is 278. The lowest BCUT2D eigenvalue weighted by atomic mass is 9.53. The first-order valence-electron chi connectivity index (χ1n) is 5.63. The molecule has 0 aromatic rings. The molecule has 1 aliphatic rings. The molecule has 1 saturated heterocycles. The molecule has 0 aliphatic carbocycles. The predicted octanol–water partition coefficient (Wildman–Crippen LogP) is 3.65. The van der Waals surface area contributed by atoms with Crippen molar-refractivity contribution in [3.8, 4) is 0 Å². The van der Waals surface area contributed by atoms with Crippen LogP contribution in [0.4, 0.5) is 0 Å². The van der Waals surface area contributed by atoms with Crippen LogP contribution < -0.4 is 0 Å². The van der Waals surface area contributed by atoms with Gasteiger partial charge in [-0.3, -0.25) is 0 Å². The fraction of sp³-hybridized carbons (Fsp3) is 0.538. The molecule has 0 saturated carbocycles. The Hall–Kier alpha value is -0.755. The molecule has 1 unspecified atom stereocenters. The third-order valence-electron chi connectivity index (χ3n) is 3.35. The minimum atomic E-state index is -0.0339. The van der Waals surface area contributed by atoms with Gasteiger partial charge < -0.3 is 4.65 Å². The van der Waals surface area contributed by atoms with E-state index in [1.54, 1.807) is 6.08 Å². The van der Waals surface area contributed by atoms with Crippen molar-refractivity contribution in [3.63, 3.8) is 0 Å². The molecular weight excluding hydrogens is 183 g/mol. The highest BCUT2D eigenvalue weighted by Crippen LogP contribution is 2.34. The summed E-state index contributed by atoms with van der Waals surface area (Å²) in [5.74, 6) is 0.616. The lowest BCUT2D eigenvalue weighted by Crippen LogP contribution is -2.44. The van der Waals surface area contributed by atoms with Crippen molar-refractivity contribution >= 4 is 6.92 Å². The van der Waals surface area contributed by atoms with Gasteiger partial charge in [0.15, 0.2) is 0 Å². The number of hydrogen-bond donors (Lipinski definition) is 0. The Morgan fingerprint density at radius 3 is 2.73 bits per heavy atom. The first kappa shape index (κ1) is 12.3. The lowest BCUT2D eigenvalue weighted by Gasteiger charge is -2.40. The predicted molar refractivity (Wildman–Crippen MR) is 68.0 cm³/mol. The van der Waals surface area contributed by atoms with E-state index in [1.165, 1.54) is 6.42 Å². The van der Waals surface area contributed by atoms with Gasteiger partial charge in [-0.25, -0.2) is 0 Å². The summed E-state index contributed by atoms with van der Waals surface area (Å²) in [7, 11) is 0. The lowest BCUT2D eigenvalue weighted by molar-refractivity contribution is 0.0320. The molecule has 1 fully saturated rings. The van der Waals surface area contributed by atoms with Crippen LogP contribution in [0.15, 0.2) is 36.9 Å². The summed E-state index contributed by atoms with van der Waals surface area (Å²) in [6.07, 6.45) is 7.95. The summed E-state index contributed by atoms with van der Waals surface area (Å²) in [6, 6.07) is 0. The van der Waals surface area contributed by atoms with E-state index in [0.717, 1.165) is 11.8 Å². The van der Waals surface area contributed by atoms with Gasteiger partial charge >= 0.3 is 6.92 Å². The number of hydrogen-bond acceptors (Lipinski definition) is 1. The van der Waals surface area contributed by atoms with Gasteiger partial charge in [0.1, 0.15) is 0 Å². The fourth-order valence-corrected chi connectivity index (χ4v) is 1.85. The molecule has 2 heteroatoms. The summed E-state index contributed by atoms with van der Waals surface area (Å²) < 4.78 is 6.06. The molecule has 1 atom stereocenters. The van der Waals surface area contributed by atoms with Crippen molar-refractivity contribution in [3.05, 3.63) is 36.9 Å². The molecule has 82 valence electrons. The highest BCUT2D eigenvalue weighted by atomic mass is 16.5. The quantitative estimate of drug-likeness (QED) is 0.503. The Balaban J connectivity index is 2.63. The van der Waals surface area contributed by atoms with Gasteiger partial charge in [0, 0.05) is 5.60 Å². The zero-order valence-corrected chi connectivity index (χ0v) is 10.1. The molecule has 0 amide bonds. The first-order chi connectivity index (χ1) is 6.97. The minimum absolute atomic E-state index is 0.0339. The van der Waals surface area contributed by atoms with Gasteiger partial charge in [0.25, 0.3) is 0 Å². The smallest absolute Gasteiger partial charge is 0.326 e. The highest BCUT2D eigenvalue weighted by Gasteiger charge is 2.37. The summed E-state index contributed by atoms with van der Waals surface area (Å²) >= 11 is 0. The Morgan fingerprint density at radius 2 is 2.20 bits per heavy atom. The molecule has 0 N–H and O–H groups in total. The second-order valence-electron chi connectivity index (χ2n) is 4.86. The molecule has 0 bridgehead atoms. The van der Waals surface area contributed by atoms with Crippen molar-refractivity contribution in [2.45, 2.75) is 39.1 Å². The van der Waals surface area contributed by atoms with Crippen molar-refractivity contribution in [2.24, 2.45) is 5.92 Å². The third-order valence-corrected chi connectivity index (χ3v) is 3.35. The monoisotopic (exact) mass is 204 g/mol. The van der Waals surface area contributed by atoms with Crippen LogP contribution in [0, 0.1) is 5.92 Å². The summed E-state index contributed by atoms with van der Waals surface area (Å²) in [6.45, 7) is 14.4. The maximum Gasteiger partial charge on any atom is 0.326 e.